The molecule has 0 aliphatic heterocycles. The van der Waals surface area contributed by atoms with Crippen LogP contribution >= 0.6 is 34.8 Å². The molecule has 2 aromatic carbocycles. The summed E-state index contributed by atoms with van der Waals surface area (Å²) in [6, 6.07) is 13.6. The molecule has 2 N–H and O–H groups in total. The minimum absolute atomic E-state index is 0.680. The van der Waals surface area contributed by atoms with Gasteiger partial charge in [0.15, 0.2) is 0 Å². The van der Waals surface area contributed by atoms with E-state index in [1.165, 1.54) is 5.56 Å². The lowest BCUT2D eigenvalue weighted by Gasteiger charge is -2.05. The maximum absolute atomic E-state index is 6.13. The van der Waals surface area contributed by atoms with Gasteiger partial charge in [-0.2, -0.15) is 0 Å². The van der Waals surface area contributed by atoms with Gasteiger partial charge in [-0.15, -0.1) is 0 Å². The molecule has 0 bridgehead atoms. The Morgan fingerprint density at radius 2 is 1.53 bits per heavy atom. The molecule has 0 unspecified atom stereocenters. The van der Waals surface area contributed by atoms with E-state index in [1.807, 2.05) is 36.4 Å². The van der Waals surface area contributed by atoms with Gasteiger partial charge in [-0.3, -0.25) is 0 Å². The first kappa shape index (κ1) is 14.7. The van der Waals surface area contributed by atoms with Gasteiger partial charge in [0.05, 0.1) is 6.54 Å². The van der Waals surface area contributed by atoms with E-state index < -0.39 is 0 Å². The first-order valence-corrected chi connectivity index (χ1v) is 7.28. The van der Waals surface area contributed by atoms with Gasteiger partial charge in [-0.05, 0) is 29.8 Å². The van der Waals surface area contributed by atoms with Crippen LogP contribution in [0.15, 0.2) is 42.5 Å². The van der Waals surface area contributed by atoms with Crippen LogP contribution in [0.3, 0.4) is 0 Å². The van der Waals surface area contributed by atoms with E-state index in [-0.39, 0.29) is 0 Å². The Kier molecular flexibility index (Phi) is 5.53. The summed E-state index contributed by atoms with van der Waals surface area (Å²) in [7, 11) is 0. The maximum atomic E-state index is 6.13. The van der Waals surface area contributed by atoms with Crippen molar-refractivity contribution in [2.75, 3.05) is 6.54 Å². The van der Waals surface area contributed by atoms with E-state index in [0.29, 0.717) is 5.02 Å². The van der Waals surface area contributed by atoms with Crippen LogP contribution in [-0.4, -0.2) is 6.54 Å². The summed E-state index contributed by atoms with van der Waals surface area (Å²) in [6.07, 6.45) is 0.934. The molecule has 0 aliphatic rings. The van der Waals surface area contributed by atoms with Gasteiger partial charge in [0.2, 0.25) is 0 Å². The highest BCUT2D eigenvalue weighted by Gasteiger charge is 2.02. The lowest BCUT2D eigenvalue weighted by atomic mass is 10.1. The molecule has 0 amide bonds. The molecule has 0 heterocycles. The molecule has 0 spiro atoms. The third kappa shape index (κ3) is 4.70. The summed E-state index contributed by atoms with van der Waals surface area (Å²) in [5.74, 6) is 0. The molecule has 19 heavy (non-hydrogen) atoms. The summed E-state index contributed by atoms with van der Waals surface area (Å²) in [6.45, 7) is 1.94. The van der Waals surface area contributed by atoms with Crippen molar-refractivity contribution in [1.82, 2.24) is 0 Å². The van der Waals surface area contributed by atoms with E-state index in [9.17, 15) is 0 Å². The van der Waals surface area contributed by atoms with Crippen molar-refractivity contribution < 1.29 is 5.32 Å². The molecule has 0 atom stereocenters. The van der Waals surface area contributed by atoms with Gasteiger partial charge >= 0.3 is 0 Å². The normalized spacial score (nSPS) is 10.7. The topological polar surface area (TPSA) is 16.6 Å². The minimum Gasteiger partial charge on any atom is -0.342 e. The van der Waals surface area contributed by atoms with Crippen LogP contribution in [0.5, 0.6) is 0 Å². The van der Waals surface area contributed by atoms with Crippen LogP contribution in [0.2, 0.25) is 15.1 Å². The predicted octanol–water partition coefficient (Wildman–Crippen LogP) is 3.95. The summed E-state index contributed by atoms with van der Waals surface area (Å²) in [4.78, 5) is 0. The average Bonchev–Trinajstić information content (AvgIpc) is 2.39. The smallest absolute Gasteiger partial charge is 0.101 e. The second-order valence-electron chi connectivity index (χ2n) is 4.39. The fourth-order valence-electron chi connectivity index (χ4n) is 1.87. The Balaban J connectivity index is 1.79. The van der Waals surface area contributed by atoms with Gasteiger partial charge in [-0.25, -0.2) is 0 Å². The Hall–Kier alpha value is -0.730. The highest BCUT2D eigenvalue weighted by Crippen LogP contribution is 2.20. The van der Waals surface area contributed by atoms with Crippen LogP contribution in [-0.2, 0) is 13.0 Å². The van der Waals surface area contributed by atoms with E-state index >= 15 is 0 Å². The number of hydrogen-bond donors (Lipinski definition) is 1. The standard InChI is InChI=1S/C15H14Cl3N/c16-13-4-1-11(2-5-13)10-19-8-7-12-3-6-14(17)9-15(12)18/h1-6,9,19H,7-8,10H2/p+1. The van der Waals surface area contributed by atoms with Gasteiger partial charge in [-0.1, -0.05) is 53.0 Å². The molecule has 4 heteroatoms. The van der Waals surface area contributed by atoms with Crippen molar-refractivity contribution in [3.8, 4) is 0 Å². The zero-order valence-electron chi connectivity index (χ0n) is 10.4. The van der Waals surface area contributed by atoms with Crippen molar-refractivity contribution in [3.63, 3.8) is 0 Å². The third-order valence-corrected chi connectivity index (χ3v) is 3.77. The molecule has 0 aliphatic carbocycles. The fraction of sp³-hybridized carbons (Fsp3) is 0.200. The molecule has 0 aromatic heterocycles. The number of hydrogen-bond acceptors (Lipinski definition) is 0. The maximum Gasteiger partial charge on any atom is 0.101 e. The van der Waals surface area contributed by atoms with E-state index in [0.717, 1.165) is 35.1 Å². The van der Waals surface area contributed by atoms with E-state index in [2.05, 4.69) is 5.32 Å². The van der Waals surface area contributed by atoms with Crippen LogP contribution in [0.4, 0.5) is 0 Å². The quantitative estimate of drug-likeness (QED) is 0.805. The summed E-state index contributed by atoms with van der Waals surface area (Å²) in [5.41, 5.74) is 2.41. The van der Waals surface area contributed by atoms with E-state index in [4.69, 9.17) is 34.8 Å². The van der Waals surface area contributed by atoms with Crippen molar-refractivity contribution >= 4 is 34.8 Å². The number of halogens is 3. The molecule has 0 fully saturated rings. The van der Waals surface area contributed by atoms with Crippen molar-refractivity contribution in [2.24, 2.45) is 0 Å². The molecule has 1 nitrogen and oxygen atoms in total. The van der Waals surface area contributed by atoms with Crippen LogP contribution in [0, 0.1) is 0 Å². The van der Waals surface area contributed by atoms with Crippen molar-refractivity contribution in [3.05, 3.63) is 68.7 Å². The molecular formula is C15H15Cl3N+. The van der Waals surface area contributed by atoms with Gasteiger partial charge in [0.1, 0.15) is 6.54 Å². The molecular weight excluding hydrogens is 301 g/mol. The molecule has 0 radical (unpaired) electrons. The van der Waals surface area contributed by atoms with E-state index in [1.54, 1.807) is 6.07 Å². The Morgan fingerprint density at radius 3 is 2.21 bits per heavy atom. The SMILES string of the molecule is Clc1ccc(C[NH2+]CCc2ccc(Cl)cc2Cl)cc1. The van der Waals surface area contributed by atoms with Gasteiger partial charge in [0, 0.05) is 27.1 Å². The fourth-order valence-corrected chi connectivity index (χ4v) is 2.50. The second-order valence-corrected chi connectivity index (χ2v) is 5.67. The van der Waals surface area contributed by atoms with Crippen LogP contribution in [0.1, 0.15) is 11.1 Å². The molecule has 100 valence electrons. The van der Waals surface area contributed by atoms with Crippen molar-refractivity contribution in [1.29, 1.82) is 0 Å². The number of quaternary nitrogens is 1. The first-order valence-electron chi connectivity index (χ1n) is 6.15. The lowest BCUT2D eigenvalue weighted by molar-refractivity contribution is -0.670. The average molecular weight is 316 g/mol. The molecule has 2 aromatic rings. The number of benzene rings is 2. The zero-order valence-corrected chi connectivity index (χ0v) is 12.6. The van der Waals surface area contributed by atoms with Gasteiger partial charge in [0.25, 0.3) is 0 Å². The van der Waals surface area contributed by atoms with Crippen LogP contribution < -0.4 is 5.32 Å². The zero-order chi connectivity index (χ0) is 13.7. The van der Waals surface area contributed by atoms with Crippen molar-refractivity contribution in [2.45, 2.75) is 13.0 Å². The highest BCUT2D eigenvalue weighted by molar-refractivity contribution is 6.35. The molecule has 0 saturated heterocycles. The largest absolute Gasteiger partial charge is 0.342 e. The second kappa shape index (κ2) is 7.16. The first-order chi connectivity index (χ1) is 9.15. The summed E-state index contributed by atoms with van der Waals surface area (Å²) >= 11 is 17.8. The number of rotatable bonds is 5. The minimum atomic E-state index is 0.680. The van der Waals surface area contributed by atoms with Gasteiger partial charge < -0.3 is 5.32 Å². The lowest BCUT2D eigenvalue weighted by Crippen LogP contribution is -2.83. The summed E-state index contributed by atoms with van der Waals surface area (Å²) < 4.78 is 0. The third-order valence-electron chi connectivity index (χ3n) is 2.93. The molecule has 0 saturated carbocycles. The Bertz CT molecular complexity index is 538. The monoisotopic (exact) mass is 314 g/mol. The Morgan fingerprint density at radius 1 is 0.842 bits per heavy atom. The predicted molar refractivity (Wildman–Crippen MR) is 82.1 cm³/mol. The Labute approximate surface area is 128 Å². The summed E-state index contributed by atoms with van der Waals surface area (Å²) in [5, 5.41) is 4.46. The number of nitrogens with two attached hydrogens (primary N) is 1. The highest BCUT2D eigenvalue weighted by atomic mass is 35.5. The molecule has 2 rings (SSSR count). The van der Waals surface area contributed by atoms with Crippen LogP contribution in [0.25, 0.3) is 0 Å².